The summed E-state index contributed by atoms with van der Waals surface area (Å²) in [5, 5.41) is 5.25. The standard InChI is InChI=1S/C30H23N2/c1-19-17-32-18-24-14-23(21-10-6-3-7-11-21)16-27-26-15-22(20-8-4-2-5-9-20)12-13-25(26)29(31-19)30(32)28(24)27/h2,4-6,8-17H,3,7,18H2,1H3/q+1. The molecule has 0 amide bonds. The molecule has 2 aliphatic rings. The van der Waals surface area contributed by atoms with Gasteiger partial charge in [0.15, 0.2) is 12.7 Å². The van der Waals surface area contributed by atoms with Gasteiger partial charge in [0.1, 0.15) is 11.2 Å². The minimum atomic E-state index is 0.915. The SMILES string of the molecule is Cc1c[n+]2c3c(n1)c1ccc(-c4ccccc4)cc1c1cc(C4=CCCC=C4)cc(c13)C2. The topological polar surface area (TPSA) is 16.8 Å². The molecule has 1 aliphatic heterocycles. The Kier molecular flexibility index (Phi) is 3.69. The van der Waals surface area contributed by atoms with Gasteiger partial charge in [0.05, 0.1) is 5.39 Å². The van der Waals surface area contributed by atoms with Crippen molar-refractivity contribution >= 4 is 38.2 Å². The fraction of sp³-hybridized carbons (Fsp3) is 0.133. The molecule has 2 nitrogen and oxygen atoms in total. The molecule has 0 N–H and O–H groups in total. The summed E-state index contributed by atoms with van der Waals surface area (Å²) in [6.07, 6.45) is 11.4. The van der Waals surface area contributed by atoms with Crippen molar-refractivity contribution in [1.29, 1.82) is 0 Å². The molecule has 0 saturated carbocycles. The first-order chi connectivity index (χ1) is 15.8. The molecule has 7 rings (SSSR count). The van der Waals surface area contributed by atoms with Crippen LogP contribution in [0.5, 0.6) is 0 Å². The molecule has 5 aromatic rings. The Morgan fingerprint density at radius 2 is 1.69 bits per heavy atom. The molecule has 0 unspecified atom stereocenters. The summed E-state index contributed by atoms with van der Waals surface area (Å²) in [4.78, 5) is 5.02. The molecule has 0 saturated heterocycles. The molecule has 0 bridgehead atoms. The van der Waals surface area contributed by atoms with Gasteiger partial charge in [0.25, 0.3) is 0 Å². The number of aryl methyl sites for hydroxylation is 1. The zero-order valence-corrected chi connectivity index (χ0v) is 18.1. The fourth-order valence-electron chi connectivity index (χ4n) is 5.54. The fourth-order valence-corrected chi connectivity index (χ4v) is 5.54. The molecule has 2 heteroatoms. The normalized spacial score (nSPS) is 14.7. The van der Waals surface area contributed by atoms with E-state index < -0.39 is 0 Å². The summed E-state index contributed by atoms with van der Waals surface area (Å²) < 4.78 is 2.40. The molecular formula is C30H23N2+. The van der Waals surface area contributed by atoms with E-state index in [9.17, 15) is 0 Å². The van der Waals surface area contributed by atoms with E-state index in [4.69, 9.17) is 4.98 Å². The zero-order chi connectivity index (χ0) is 21.2. The van der Waals surface area contributed by atoms with Crippen LogP contribution in [0.2, 0.25) is 0 Å². The van der Waals surface area contributed by atoms with Crippen LogP contribution >= 0.6 is 0 Å². The van der Waals surface area contributed by atoms with E-state index in [-0.39, 0.29) is 0 Å². The summed E-state index contributed by atoms with van der Waals surface area (Å²) in [6.45, 7) is 3.02. The predicted molar refractivity (Wildman–Crippen MR) is 133 cm³/mol. The lowest BCUT2D eigenvalue weighted by molar-refractivity contribution is -0.658. The van der Waals surface area contributed by atoms with Gasteiger partial charge in [-0.1, -0.05) is 60.7 Å². The number of rotatable bonds is 2. The number of hydrogen-bond donors (Lipinski definition) is 0. The first-order valence-corrected chi connectivity index (χ1v) is 11.4. The van der Waals surface area contributed by atoms with E-state index in [1.807, 2.05) is 0 Å². The maximum Gasteiger partial charge on any atom is 0.240 e. The van der Waals surface area contributed by atoms with Gasteiger partial charge in [-0.2, -0.15) is 4.57 Å². The predicted octanol–water partition coefficient (Wildman–Crippen LogP) is 6.90. The largest absolute Gasteiger partial charge is 0.240 e. The van der Waals surface area contributed by atoms with Crippen LogP contribution in [0.1, 0.15) is 29.7 Å². The van der Waals surface area contributed by atoms with Gasteiger partial charge in [-0.15, -0.1) is 0 Å². The highest BCUT2D eigenvalue weighted by Gasteiger charge is 2.29. The lowest BCUT2D eigenvalue weighted by atomic mass is 9.90. The molecule has 1 aliphatic carbocycles. The Bertz CT molecular complexity index is 1640. The molecule has 152 valence electrons. The van der Waals surface area contributed by atoms with Crippen molar-refractivity contribution in [3.8, 4) is 11.1 Å². The van der Waals surface area contributed by atoms with Gasteiger partial charge in [-0.05, 0) is 71.0 Å². The number of aromatic nitrogens is 2. The van der Waals surface area contributed by atoms with Crippen LogP contribution in [-0.4, -0.2) is 4.98 Å². The molecule has 4 aromatic carbocycles. The molecule has 0 radical (unpaired) electrons. The molecule has 32 heavy (non-hydrogen) atoms. The molecule has 1 aromatic heterocycles. The Morgan fingerprint density at radius 3 is 2.53 bits per heavy atom. The average molecular weight is 412 g/mol. The van der Waals surface area contributed by atoms with Gasteiger partial charge < -0.3 is 0 Å². The van der Waals surface area contributed by atoms with Crippen LogP contribution in [0.4, 0.5) is 0 Å². The van der Waals surface area contributed by atoms with Crippen molar-refractivity contribution in [2.75, 3.05) is 0 Å². The lowest BCUT2D eigenvalue weighted by Gasteiger charge is -2.12. The van der Waals surface area contributed by atoms with Crippen LogP contribution in [-0.2, 0) is 6.54 Å². The van der Waals surface area contributed by atoms with E-state index in [0.717, 1.165) is 30.6 Å². The maximum atomic E-state index is 5.02. The van der Waals surface area contributed by atoms with Crippen molar-refractivity contribution in [1.82, 2.24) is 4.98 Å². The molecule has 0 fully saturated rings. The van der Waals surface area contributed by atoms with Crippen LogP contribution < -0.4 is 4.57 Å². The zero-order valence-electron chi connectivity index (χ0n) is 18.1. The number of nitrogens with zero attached hydrogens (tertiary/aromatic N) is 2. The third kappa shape index (κ3) is 2.53. The summed E-state index contributed by atoms with van der Waals surface area (Å²) in [5.41, 5.74) is 10.0. The van der Waals surface area contributed by atoms with E-state index >= 15 is 0 Å². The van der Waals surface area contributed by atoms with Gasteiger partial charge in [-0.3, -0.25) is 0 Å². The smallest absolute Gasteiger partial charge is 0.240 e. The van der Waals surface area contributed by atoms with Gasteiger partial charge in [0.2, 0.25) is 5.52 Å². The third-order valence-corrected chi connectivity index (χ3v) is 6.94. The van der Waals surface area contributed by atoms with Gasteiger partial charge in [-0.25, -0.2) is 4.98 Å². The summed E-state index contributed by atoms with van der Waals surface area (Å²) in [7, 11) is 0. The minimum Gasteiger partial charge on any atom is -0.240 e. The Hall–Kier alpha value is -3.78. The summed E-state index contributed by atoms with van der Waals surface area (Å²) in [5.74, 6) is 0. The van der Waals surface area contributed by atoms with Crippen LogP contribution in [0, 0.1) is 6.92 Å². The van der Waals surface area contributed by atoms with Crippen LogP contribution in [0.25, 0.3) is 49.3 Å². The van der Waals surface area contributed by atoms with Crippen LogP contribution in [0.3, 0.4) is 0 Å². The second-order valence-corrected chi connectivity index (χ2v) is 9.03. The number of allylic oxidation sites excluding steroid dienone is 4. The van der Waals surface area contributed by atoms with Crippen molar-refractivity contribution < 1.29 is 4.57 Å². The highest BCUT2D eigenvalue weighted by Crippen LogP contribution is 2.40. The van der Waals surface area contributed by atoms with Gasteiger partial charge in [0, 0.05) is 10.9 Å². The first kappa shape index (κ1) is 17.9. The highest BCUT2D eigenvalue weighted by atomic mass is 15.0. The Morgan fingerprint density at radius 1 is 0.812 bits per heavy atom. The number of fused-ring (bicyclic) bond motifs is 3. The summed E-state index contributed by atoms with van der Waals surface area (Å²) in [6, 6.07) is 22.4. The number of hydrogen-bond acceptors (Lipinski definition) is 1. The maximum absolute atomic E-state index is 5.02. The van der Waals surface area contributed by atoms with E-state index in [1.165, 1.54) is 54.9 Å². The first-order valence-electron chi connectivity index (χ1n) is 11.4. The quantitative estimate of drug-likeness (QED) is 0.224. The monoisotopic (exact) mass is 411 g/mol. The van der Waals surface area contributed by atoms with Crippen molar-refractivity contribution in [2.24, 2.45) is 0 Å². The lowest BCUT2D eigenvalue weighted by Crippen LogP contribution is -2.32. The summed E-state index contributed by atoms with van der Waals surface area (Å²) >= 11 is 0. The second-order valence-electron chi connectivity index (χ2n) is 9.03. The van der Waals surface area contributed by atoms with Crippen LogP contribution in [0.15, 0.2) is 85.1 Å². The molecular weight excluding hydrogens is 388 g/mol. The second kappa shape index (κ2) is 6.61. The average Bonchev–Trinajstić information content (AvgIpc) is 3.21. The van der Waals surface area contributed by atoms with E-state index in [0.29, 0.717) is 0 Å². The van der Waals surface area contributed by atoms with Crippen molar-refractivity contribution in [3.63, 3.8) is 0 Å². The molecule has 0 atom stereocenters. The number of benzene rings is 4. The molecule has 0 spiro atoms. The Balaban J connectivity index is 1.63. The van der Waals surface area contributed by atoms with Crippen molar-refractivity contribution in [3.05, 3.63) is 102 Å². The van der Waals surface area contributed by atoms with E-state index in [2.05, 4.69) is 96.6 Å². The van der Waals surface area contributed by atoms with E-state index in [1.54, 1.807) is 0 Å². The minimum absolute atomic E-state index is 0.915. The highest BCUT2D eigenvalue weighted by molar-refractivity contribution is 6.24. The van der Waals surface area contributed by atoms with Crippen molar-refractivity contribution in [2.45, 2.75) is 26.3 Å². The third-order valence-electron chi connectivity index (χ3n) is 6.94. The Labute approximate surface area is 187 Å². The molecule has 2 heterocycles. The van der Waals surface area contributed by atoms with Gasteiger partial charge >= 0.3 is 0 Å².